The van der Waals surface area contributed by atoms with Crippen LogP contribution in [-0.2, 0) is 14.8 Å². The van der Waals surface area contributed by atoms with Crippen LogP contribution in [0.15, 0.2) is 41.3 Å². The van der Waals surface area contributed by atoms with Gasteiger partial charge in [-0.15, -0.1) is 0 Å². The number of hydrogen-bond acceptors (Lipinski definition) is 5. The molecule has 2 aromatic rings. The van der Waals surface area contributed by atoms with Crippen molar-refractivity contribution in [2.24, 2.45) is 0 Å². The molecule has 2 aromatic carbocycles. The molecule has 0 aromatic heterocycles. The molecule has 1 aliphatic rings. The van der Waals surface area contributed by atoms with Crippen molar-refractivity contribution in [2.75, 3.05) is 16.2 Å². The van der Waals surface area contributed by atoms with E-state index < -0.39 is 21.6 Å². The number of rotatable bonds is 4. The lowest BCUT2D eigenvalue weighted by atomic mass is 10.1. The van der Waals surface area contributed by atoms with E-state index in [0.29, 0.717) is 17.0 Å². The van der Waals surface area contributed by atoms with Gasteiger partial charge in [0.2, 0.25) is 5.91 Å². The molecule has 1 amide bonds. The molecule has 0 aliphatic carbocycles. The number of benzene rings is 2. The molecule has 29 heavy (non-hydrogen) atoms. The van der Waals surface area contributed by atoms with Gasteiger partial charge < -0.3 is 14.7 Å². The van der Waals surface area contributed by atoms with Crippen LogP contribution >= 0.6 is 0 Å². The summed E-state index contributed by atoms with van der Waals surface area (Å²) in [5.41, 5.74) is 0.481. The van der Waals surface area contributed by atoms with Crippen LogP contribution in [0.25, 0.3) is 0 Å². The number of anilines is 2. The highest BCUT2D eigenvalue weighted by Crippen LogP contribution is 2.39. The fourth-order valence-corrected chi connectivity index (χ4v) is 4.25. The molecule has 0 radical (unpaired) electrons. The molecule has 0 saturated carbocycles. The van der Waals surface area contributed by atoms with E-state index >= 15 is 0 Å². The second-order valence-corrected chi connectivity index (χ2v) is 9.22. The molecule has 0 spiro atoms. The summed E-state index contributed by atoms with van der Waals surface area (Å²) in [4.78, 5) is 24.7. The Kier molecular flexibility index (Phi) is 5.04. The van der Waals surface area contributed by atoms with Gasteiger partial charge in [-0.25, -0.2) is 13.2 Å². The molecule has 1 aliphatic heterocycles. The van der Waals surface area contributed by atoms with Crippen molar-refractivity contribution in [2.45, 2.75) is 38.2 Å². The Balaban J connectivity index is 2.01. The molecule has 9 heteroatoms. The number of aryl methyl sites for hydroxylation is 1. The Labute approximate surface area is 169 Å². The van der Waals surface area contributed by atoms with E-state index in [2.05, 4.69) is 4.72 Å². The third-order valence-electron chi connectivity index (χ3n) is 4.57. The van der Waals surface area contributed by atoms with E-state index in [1.807, 2.05) is 13.8 Å². The molecular weight excluding hydrogens is 396 g/mol. The third-order valence-corrected chi connectivity index (χ3v) is 5.93. The van der Waals surface area contributed by atoms with Gasteiger partial charge in [-0.3, -0.25) is 9.52 Å². The van der Waals surface area contributed by atoms with Gasteiger partial charge in [-0.1, -0.05) is 6.07 Å². The van der Waals surface area contributed by atoms with Crippen LogP contribution in [0.5, 0.6) is 5.75 Å². The molecule has 0 saturated heterocycles. The Morgan fingerprint density at radius 1 is 1.17 bits per heavy atom. The van der Waals surface area contributed by atoms with Gasteiger partial charge in [-0.05, 0) is 56.7 Å². The molecular formula is C20H22N2O6S. The highest BCUT2D eigenvalue weighted by atomic mass is 32.2. The van der Waals surface area contributed by atoms with Crippen molar-refractivity contribution in [1.29, 1.82) is 0 Å². The zero-order valence-electron chi connectivity index (χ0n) is 16.5. The average Bonchev–Trinajstić information content (AvgIpc) is 2.61. The fraction of sp³-hybridized carbons (Fsp3) is 0.300. The van der Waals surface area contributed by atoms with Crippen LogP contribution in [0.1, 0.15) is 36.7 Å². The van der Waals surface area contributed by atoms with Gasteiger partial charge >= 0.3 is 5.97 Å². The summed E-state index contributed by atoms with van der Waals surface area (Å²) in [6, 6.07) is 8.48. The number of sulfonamides is 1. The van der Waals surface area contributed by atoms with Gasteiger partial charge in [0.05, 0.1) is 28.4 Å². The first kappa shape index (κ1) is 20.7. The zero-order chi connectivity index (χ0) is 21.6. The van der Waals surface area contributed by atoms with Gasteiger partial charge in [0.15, 0.2) is 0 Å². The first-order chi connectivity index (χ1) is 13.4. The van der Waals surface area contributed by atoms with Crippen LogP contribution in [0.3, 0.4) is 0 Å². The number of carbonyl (C=O) groups excluding carboxylic acids is 1. The number of carboxylic acid groups (broad SMARTS) is 1. The number of nitrogens with zero attached hydrogens (tertiary/aromatic N) is 1. The lowest BCUT2D eigenvalue weighted by Crippen LogP contribution is -2.48. The minimum Gasteiger partial charge on any atom is -0.484 e. The Morgan fingerprint density at radius 2 is 1.86 bits per heavy atom. The van der Waals surface area contributed by atoms with Crippen molar-refractivity contribution >= 4 is 33.3 Å². The fourth-order valence-electron chi connectivity index (χ4n) is 3.11. The molecule has 8 nitrogen and oxygen atoms in total. The lowest BCUT2D eigenvalue weighted by molar-refractivity contribution is -0.117. The van der Waals surface area contributed by atoms with Crippen molar-refractivity contribution in [3.05, 3.63) is 47.5 Å². The second kappa shape index (κ2) is 7.07. The number of amides is 1. The molecule has 0 fully saturated rings. The van der Waals surface area contributed by atoms with Crippen molar-refractivity contribution < 1.29 is 27.9 Å². The van der Waals surface area contributed by atoms with E-state index in [4.69, 9.17) is 9.84 Å². The van der Waals surface area contributed by atoms with E-state index in [0.717, 1.165) is 0 Å². The highest BCUT2D eigenvalue weighted by molar-refractivity contribution is 7.92. The number of fused-ring (bicyclic) bond motifs is 1. The third kappa shape index (κ3) is 4.19. The quantitative estimate of drug-likeness (QED) is 0.789. The number of aromatic carboxylic acids is 1. The Bertz CT molecular complexity index is 1110. The van der Waals surface area contributed by atoms with Crippen LogP contribution in [0.4, 0.5) is 11.4 Å². The zero-order valence-corrected chi connectivity index (χ0v) is 17.3. The number of carbonyl (C=O) groups is 2. The molecule has 1 heterocycles. The van der Waals surface area contributed by atoms with E-state index in [9.17, 15) is 18.0 Å². The highest BCUT2D eigenvalue weighted by Gasteiger charge is 2.34. The lowest BCUT2D eigenvalue weighted by Gasteiger charge is -2.39. The molecule has 0 bridgehead atoms. The van der Waals surface area contributed by atoms with Gasteiger partial charge in [0, 0.05) is 6.92 Å². The van der Waals surface area contributed by atoms with Crippen molar-refractivity contribution in [3.8, 4) is 5.75 Å². The molecule has 0 atom stereocenters. The predicted octanol–water partition coefficient (Wildman–Crippen LogP) is 3.02. The largest absolute Gasteiger partial charge is 0.484 e. The average molecular weight is 418 g/mol. The molecule has 0 unspecified atom stereocenters. The molecule has 3 rings (SSSR count). The molecule has 154 valence electrons. The summed E-state index contributed by atoms with van der Waals surface area (Å²) in [7, 11) is -4.03. The standard InChI is InChI=1S/C20H22N2O6S/c1-12-5-6-14(19(24)25)9-16(12)21-29(26,27)15-7-8-18-17(10-15)22(13(2)23)11-20(3,4)28-18/h5-10,21H,11H2,1-4H3,(H,24,25). The summed E-state index contributed by atoms with van der Waals surface area (Å²) in [5.74, 6) is -0.967. The maximum atomic E-state index is 12.9. The summed E-state index contributed by atoms with van der Waals surface area (Å²) in [6.45, 7) is 7.05. The van der Waals surface area contributed by atoms with Crippen molar-refractivity contribution in [3.63, 3.8) is 0 Å². The Morgan fingerprint density at radius 3 is 2.48 bits per heavy atom. The summed E-state index contributed by atoms with van der Waals surface area (Å²) in [5, 5.41) is 9.14. The van der Waals surface area contributed by atoms with E-state index in [1.165, 1.54) is 48.2 Å². The maximum Gasteiger partial charge on any atom is 0.335 e. The minimum atomic E-state index is -4.03. The van der Waals surface area contributed by atoms with Crippen molar-refractivity contribution in [1.82, 2.24) is 0 Å². The second-order valence-electron chi connectivity index (χ2n) is 7.54. The summed E-state index contributed by atoms with van der Waals surface area (Å²) < 4.78 is 34.1. The predicted molar refractivity (Wildman–Crippen MR) is 108 cm³/mol. The SMILES string of the molecule is CC(=O)N1CC(C)(C)Oc2ccc(S(=O)(=O)Nc3cc(C(=O)O)ccc3C)cc21. The topological polar surface area (TPSA) is 113 Å². The number of carboxylic acids is 1. The van der Waals surface area contributed by atoms with E-state index in [1.54, 1.807) is 6.92 Å². The summed E-state index contributed by atoms with van der Waals surface area (Å²) >= 11 is 0. The van der Waals surface area contributed by atoms with Crippen LogP contribution in [-0.4, -0.2) is 37.5 Å². The van der Waals surface area contributed by atoms with Crippen LogP contribution in [0, 0.1) is 6.92 Å². The maximum absolute atomic E-state index is 12.9. The van der Waals surface area contributed by atoms with Gasteiger partial charge in [-0.2, -0.15) is 0 Å². The number of nitrogens with one attached hydrogen (secondary N) is 1. The smallest absolute Gasteiger partial charge is 0.335 e. The van der Waals surface area contributed by atoms with Gasteiger partial charge in [0.25, 0.3) is 10.0 Å². The van der Waals surface area contributed by atoms with Crippen LogP contribution in [0.2, 0.25) is 0 Å². The van der Waals surface area contributed by atoms with Gasteiger partial charge in [0.1, 0.15) is 11.4 Å². The monoisotopic (exact) mass is 418 g/mol. The number of ether oxygens (including phenoxy) is 1. The first-order valence-electron chi connectivity index (χ1n) is 8.87. The first-order valence-corrected chi connectivity index (χ1v) is 10.4. The minimum absolute atomic E-state index is 0.0304. The van der Waals surface area contributed by atoms with E-state index in [-0.39, 0.29) is 28.6 Å². The Hall–Kier alpha value is -3.07. The normalized spacial score (nSPS) is 15.2. The molecule has 2 N–H and O–H groups in total. The van der Waals surface area contributed by atoms with Crippen LogP contribution < -0.4 is 14.4 Å². The summed E-state index contributed by atoms with van der Waals surface area (Å²) in [6.07, 6.45) is 0. The number of hydrogen-bond donors (Lipinski definition) is 2.